The van der Waals surface area contributed by atoms with Crippen molar-refractivity contribution in [1.29, 1.82) is 0 Å². The van der Waals surface area contributed by atoms with E-state index in [0.29, 0.717) is 5.56 Å². The van der Waals surface area contributed by atoms with Crippen LogP contribution in [0.15, 0.2) is 48.8 Å². The summed E-state index contributed by atoms with van der Waals surface area (Å²) in [6.07, 6.45) is 3.82. The van der Waals surface area contributed by atoms with E-state index in [9.17, 15) is 4.79 Å². The molecule has 0 saturated heterocycles. The zero-order chi connectivity index (χ0) is 20.1. The minimum atomic E-state index is -0.371. The van der Waals surface area contributed by atoms with Gasteiger partial charge < -0.3 is 14.6 Å². The second-order valence-electron chi connectivity index (χ2n) is 8.02. The first-order chi connectivity index (χ1) is 13.3. The average Bonchev–Trinajstić information content (AvgIpc) is 3.20. The highest BCUT2D eigenvalue weighted by atomic mass is 16.5. The number of methoxy groups -OCH3 is 1. The van der Waals surface area contributed by atoms with Gasteiger partial charge in [-0.1, -0.05) is 12.1 Å². The Morgan fingerprint density at radius 2 is 1.93 bits per heavy atom. The molecule has 0 aliphatic heterocycles. The lowest BCUT2D eigenvalue weighted by Crippen LogP contribution is -2.27. The first kappa shape index (κ1) is 18.1. The molecular weight excluding hydrogens is 352 g/mol. The Labute approximate surface area is 163 Å². The van der Waals surface area contributed by atoms with Gasteiger partial charge in [0.15, 0.2) is 0 Å². The maximum Gasteiger partial charge on any atom is 0.339 e. The predicted molar refractivity (Wildman–Crippen MR) is 112 cm³/mol. The molecule has 0 unspecified atom stereocenters. The van der Waals surface area contributed by atoms with Crippen LogP contribution in [0.5, 0.6) is 0 Å². The molecule has 0 aliphatic carbocycles. The van der Waals surface area contributed by atoms with Crippen molar-refractivity contribution in [2.45, 2.75) is 26.3 Å². The van der Waals surface area contributed by atoms with Crippen molar-refractivity contribution in [1.82, 2.24) is 14.0 Å². The normalized spacial score (nSPS) is 11.9. The molecule has 4 rings (SSSR count). The summed E-state index contributed by atoms with van der Waals surface area (Å²) in [4.78, 5) is 16.9. The summed E-state index contributed by atoms with van der Waals surface area (Å²) < 4.78 is 8.89. The maximum absolute atomic E-state index is 12.0. The molecule has 0 spiro atoms. The summed E-state index contributed by atoms with van der Waals surface area (Å²) in [5.74, 6) is 0.478. The average molecular weight is 376 g/mol. The highest BCUT2D eigenvalue weighted by Gasteiger charge is 2.21. The molecule has 6 heteroatoms. The SMILES string of the molecule is COC(=O)c1ccc2nc(-c3ccc4ccn(C)c4c3)c(NC(C)(C)C)n2c1. The van der Waals surface area contributed by atoms with Crippen molar-refractivity contribution in [2.75, 3.05) is 12.4 Å². The van der Waals surface area contributed by atoms with Crippen LogP contribution in [0.4, 0.5) is 5.82 Å². The molecule has 4 aromatic rings. The number of nitrogens with one attached hydrogen (secondary N) is 1. The van der Waals surface area contributed by atoms with Gasteiger partial charge in [-0.05, 0) is 50.4 Å². The number of esters is 1. The number of fused-ring (bicyclic) bond motifs is 2. The molecule has 6 nitrogen and oxygen atoms in total. The Hall–Kier alpha value is -3.28. The van der Waals surface area contributed by atoms with Gasteiger partial charge in [0.05, 0.1) is 12.7 Å². The molecule has 3 heterocycles. The maximum atomic E-state index is 12.0. The molecule has 0 fully saturated rings. The number of carbonyl (C=O) groups is 1. The highest BCUT2D eigenvalue weighted by Crippen LogP contribution is 2.33. The van der Waals surface area contributed by atoms with Crippen molar-refractivity contribution in [3.05, 3.63) is 54.4 Å². The molecule has 0 bridgehead atoms. The number of benzene rings is 1. The molecule has 28 heavy (non-hydrogen) atoms. The summed E-state index contributed by atoms with van der Waals surface area (Å²) in [6, 6.07) is 12.0. The van der Waals surface area contributed by atoms with Crippen LogP contribution in [0.2, 0.25) is 0 Å². The van der Waals surface area contributed by atoms with Crippen LogP contribution in [0.25, 0.3) is 27.8 Å². The Morgan fingerprint density at radius 1 is 1.14 bits per heavy atom. The highest BCUT2D eigenvalue weighted by molar-refractivity contribution is 5.91. The van der Waals surface area contributed by atoms with Gasteiger partial charge in [-0.2, -0.15) is 0 Å². The summed E-state index contributed by atoms with van der Waals surface area (Å²) in [6.45, 7) is 6.29. The lowest BCUT2D eigenvalue weighted by atomic mass is 10.1. The van der Waals surface area contributed by atoms with Crippen LogP contribution in [0, 0.1) is 0 Å². The molecule has 144 valence electrons. The van der Waals surface area contributed by atoms with Gasteiger partial charge >= 0.3 is 5.97 Å². The summed E-state index contributed by atoms with van der Waals surface area (Å²) >= 11 is 0. The van der Waals surface area contributed by atoms with E-state index in [0.717, 1.165) is 28.2 Å². The number of aromatic nitrogens is 3. The second-order valence-corrected chi connectivity index (χ2v) is 8.02. The number of rotatable bonds is 3. The van der Waals surface area contributed by atoms with Crippen LogP contribution >= 0.6 is 0 Å². The molecule has 1 aromatic carbocycles. The van der Waals surface area contributed by atoms with E-state index in [1.165, 1.54) is 12.5 Å². The standard InChI is InChI=1S/C22H24N4O2/c1-22(2,3)24-20-19(15-7-6-14-10-11-25(4)17(14)12-15)23-18-9-8-16(13-26(18)20)21(27)28-5/h6-13,24H,1-5H3. The number of carbonyl (C=O) groups excluding carboxylic acids is 1. The molecule has 3 aromatic heterocycles. The lowest BCUT2D eigenvalue weighted by molar-refractivity contribution is 0.0600. The van der Waals surface area contributed by atoms with Gasteiger partial charge in [-0.15, -0.1) is 0 Å². The number of hydrogen-bond donors (Lipinski definition) is 1. The van der Waals surface area contributed by atoms with E-state index in [2.05, 4.69) is 61.1 Å². The monoisotopic (exact) mass is 376 g/mol. The van der Waals surface area contributed by atoms with Crippen molar-refractivity contribution in [3.63, 3.8) is 0 Å². The first-order valence-corrected chi connectivity index (χ1v) is 9.21. The zero-order valence-electron chi connectivity index (χ0n) is 16.8. The van der Waals surface area contributed by atoms with E-state index in [1.807, 2.05) is 17.5 Å². The molecular formula is C22H24N4O2. The lowest BCUT2D eigenvalue weighted by Gasteiger charge is -2.22. The van der Waals surface area contributed by atoms with Crippen LogP contribution in [0.1, 0.15) is 31.1 Å². The second kappa shape index (κ2) is 6.41. The third kappa shape index (κ3) is 3.11. The Morgan fingerprint density at radius 3 is 2.64 bits per heavy atom. The summed E-state index contributed by atoms with van der Waals surface area (Å²) in [5.41, 5.74) is 4.08. The van der Waals surface area contributed by atoms with Crippen LogP contribution in [-0.2, 0) is 11.8 Å². The van der Waals surface area contributed by atoms with Crippen molar-refractivity contribution in [3.8, 4) is 11.3 Å². The summed E-state index contributed by atoms with van der Waals surface area (Å²) in [7, 11) is 3.42. The Kier molecular flexibility index (Phi) is 4.14. The summed E-state index contributed by atoms with van der Waals surface area (Å²) in [5, 5.41) is 4.74. The zero-order valence-corrected chi connectivity index (χ0v) is 16.8. The number of nitrogens with zero attached hydrogens (tertiary/aromatic N) is 3. The fourth-order valence-electron chi connectivity index (χ4n) is 3.37. The first-order valence-electron chi connectivity index (χ1n) is 9.21. The topological polar surface area (TPSA) is 60.6 Å². The largest absolute Gasteiger partial charge is 0.465 e. The number of anilines is 1. The smallest absolute Gasteiger partial charge is 0.339 e. The van der Waals surface area contributed by atoms with Gasteiger partial charge in [0, 0.05) is 36.1 Å². The Bertz CT molecular complexity index is 1190. The van der Waals surface area contributed by atoms with Crippen molar-refractivity contribution >= 4 is 28.3 Å². The van der Waals surface area contributed by atoms with E-state index < -0.39 is 0 Å². The number of aryl methyl sites for hydroxylation is 1. The van der Waals surface area contributed by atoms with Crippen molar-refractivity contribution < 1.29 is 9.53 Å². The molecule has 0 amide bonds. The third-order valence-electron chi connectivity index (χ3n) is 4.69. The third-order valence-corrected chi connectivity index (χ3v) is 4.69. The molecule has 0 radical (unpaired) electrons. The molecule has 1 N–H and O–H groups in total. The van der Waals surface area contributed by atoms with E-state index in [1.54, 1.807) is 12.3 Å². The van der Waals surface area contributed by atoms with E-state index >= 15 is 0 Å². The molecule has 0 saturated carbocycles. The minimum Gasteiger partial charge on any atom is -0.465 e. The Balaban J connectivity index is 1.96. The van der Waals surface area contributed by atoms with Gasteiger partial charge in [0.25, 0.3) is 0 Å². The van der Waals surface area contributed by atoms with Crippen molar-refractivity contribution in [2.24, 2.45) is 7.05 Å². The predicted octanol–water partition coefficient (Wildman–Crippen LogP) is 4.49. The molecule has 0 atom stereocenters. The van der Waals surface area contributed by atoms with E-state index in [-0.39, 0.29) is 11.5 Å². The van der Waals surface area contributed by atoms with Crippen LogP contribution < -0.4 is 5.32 Å². The quantitative estimate of drug-likeness (QED) is 0.535. The van der Waals surface area contributed by atoms with Crippen LogP contribution in [0.3, 0.4) is 0 Å². The number of ether oxygens (including phenoxy) is 1. The van der Waals surface area contributed by atoms with Gasteiger partial charge in [-0.3, -0.25) is 4.40 Å². The fourth-order valence-corrected chi connectivity index (χ4v) is 3.37. The number of imidazole rings is 1. The van der Waals surface area contributed by atoms with Gasteiger partial charge in [0.1, 0.15) is 17.2 Å². The minimum absolute atomic E-state index is 0.180. The number of hydrogen-bond acceptors (Lipinski definition) is 4. The van der Waals surface area contributed by atoms with Crippen LogP contribution in [-0.4, -0.2) is 32.6 Å². The molecule has 0 aliphatic rings. The van der Waals surface area contributed by atoms with E-state index in [4.69, 9.17) is 9.72 Å². The fraction of sp³-hybridized carbons (Fsp3) is 0.273. The van der Waals surface area contributed by atoms with Gasteiger partial charge in [0.2, 0.25) is 0 Å². The number of pyridine rings is 1. The van der Waals surface area contributed by atoms with Gasteiger partial charge in [-0.25, -0.2) is 9.78 Å².